The molecular weight excluding hydrogens is 256 g/mol. The van der Waals surface area contributed by atoms with E-state index in [4.69, 9.17) is 14.2 Å². The summed E-state index contributed by atoms with van der Waals surface area (Å²) in [5, 5.41) is 0. The van der Waals surface area contributed by atoms with Crippen LogP contribution in [-0.4, -0.2) is 32.9 Å². The highest BCUT2D eigenvalue weighted by Crippen LogP contribution is 2.15. The van der Waals surface area contributed by atoms with Crippen LogP contribution in [0.5, 0.6) is 0 Å². The van der Waals surface area contributed by atoms with Gasteiger partial charge in [0.1, 0.15) is 13.1 Å². The zero-order chi connectivity index (χ0) is 14.6. The van der Waals surface area contributed by atoms with Crippen LogP contribution in [0.15, 0.2) is 30.3 Å². The zero-order valence-corrected chi connectivity index (χ0v) is 12.3. The minimum Gasteiger partial charge on any atom is -0.377 e. The Morgan fingerprint density at radius 2 is 2.00 bits per heavy atom. The Balaban J connectivity index is 2.22. The lowest BCUT2D eigenvalue weighted by molar-refractivity contribution is -0.119. The smallest absolute Gasteiger partial charge is 0.146 e. The van der Waals surface area contributed by atoms with Gasteiger partial charge in [0.05, 0.1) is 12.7 Å². The van der Waals surface area contributed by atoms with Crippen LogP contribution in [0.2, 0.25) is 0 Å². The molecule has 0 N–H and O–H groups in total. The maximum Gasteiger partial charge on any atom is 0.146 e. The molecule has 2 atom stereocenters. The molecule has 0 unspecified atom stereocenters. The molecule has 0 spiro atoms. The Labute approximate surface area is 121 Å². The van der Waals surface area contributed by atoms with Crippen molar-refractivity contribution in [2.45, 2.75) is 32.5 Å². The summed E-state index contributed by atoms with van der Waals surface area (Å²) < 4.78 is 16.0. The van der Waals surface area contributed by atoms with E-state index in [-0.39, 0.29) is 18.8 Å². The second kappa shape index (κ2) is 10.5. The van der Waals surface area contributed by atoms with Gasteiger partial charge in [-0.15, -0.1) is 0 Å². The number of carbonyl (C=O) groups excluding carboxylic acids is 1. The van der Waals surface area contributed by atoms with Crippen LogP contribution in [0.1, 0.15) is 25.3 Å². The van der Waals surface area contributed by atoms with E-state index in [1.807, 2.05) is 30.3 Å². The Bertz CT molecular complexity index is 353. The number of methoxy groups -OCH3 is 1. The second-order valence-electron chi connectivity index (χ2n) is 4.82. The first kappa shape index (κ1) is 16.8. The molecule has 0 radical (unpaired) electrons. The Hall–Kier alpha value is -1.23. The number of hydrogen-bond acceptors (Lipinski definition) is 4. The molecule has 0 aliphatic carbocycles. The highest BCUT2D eigenvalue weighted by atomic mass is 16.7. The van der Waals surface area contributed by atoms with Gasteiger partial charge in [-0.05, 0) is 17.9 Å². The van der Waals surface area contributed by atoms with Crippen molar-refractivity contribution in [3.8, 4) is 0 Å². The number of carbonyl (C=O) groups is 1. The molecule has 0 saturated carbocycles. The van der Waals surface area contributed by atoms with E-state index >= 15 is 0 Å². The van der Waals surface area contributed by atoms with Gasteiger partial charge in [0.2, 0.25) is 0 Å². The molecular formula is C16H24O4. The summed E-state index contributed by atoms with van der Waals surface area (Å²) in [6, 6.07) is 10.1. The topological polar surface area (TPSA) is 44.8 Å². The van der Waals surface area contributed by atoms with Crippen molar-refractivity contribution in [2.24, 2.45) is 5.92 Å². The minimum absolute atomic E-state index is 0.104. The highest BCUT2D eigenvalue weighted by molar-refractivity contribution is 5.50. The molecule has 0 fully saturated rings. The number of ether oxygens (including phenoxy) is 3. The van der Waals surface area contributed by atoms with Gasteiger partial charge >= 0.3 is 0 Å². The lowest BCUT2D eigenvalue weighted by Crippen LogP contribution is -2.24. The predicted octanol–water partition coefficient (Wildman–Crippen LogP) is 2.81. The van der Waals surface area contributed by atoms with Crippen LogP contribution in [0.3, 0.4) is 0 Å². The van der Waals surface area contributed by atoms with Crippen molar-refractivity contribution in [2.75, 3.05) is 20.5 Å². The van der Waals surface area contributed by atoms with Crippen molar-refractivity contribution >= 4 is 6.29 Å². The van der Waals surface area contributed by atoms with Crippen LogP contribution in [-0.2, 0) is 25.6 Å². The summed E-state index contributed by atoms with van der Waals surface area (Å²) in [6.07, 6.45) is 2.03. The van der Waals surface area contributed by atoms with E-state index in [1.54, 1.807) is 7.11 Å². The summed E-state index contributed by atoms with van der Waals surface area (Å²) in [5.74, 6) is 0.256. The van der Waals surface area contributed by atoms with E-state index in [0.29, 0.717) is 19.6 Å². The maximum atomic E-state index is 10.6. The molecule has 0 bridgehead atoms. The van der Waals surface area contributed by atoms with Crippen LogP contribution in [0.25, 0.3) is 0 Å². The fourth-order valence-corrected chi connectivity index (χ4v) is 1.93. The summed E-state index contributed by atoms with van der Waals surface area (Å²) in [5.41, 5.74) is 1.17. The van der Waals surface area contributed by atoms with Crippen molar-refractivity contribution in [3.05, 3.63) is 35.9 Å². The lowest BCUT2D eigenvalue weighted by atomic mass is 9.99. The van der Waals surface area contributed by atoms with Crippen molar-refractivity contribution in [3.63, 3.8) is 0 Å². The van der Waals surface area contributed by atoms with Gasteiger partial charge in [0.15, 0.2) is 0 Å². The van der Waals surface area contributed by atoms with E-state index in [2.05, 4.69) is 6.92 Å². The molecule has 0 aliphatic rings. The third kappa shape index (κ3) is 6.80. The van der Waals surface area contributed by atoms with E-state index < -0.39 is 0 Å². The summed E-state index contributed by atoms with van der Waals surface area (Å²) in [7, 11) is 1.58. The Morgan fingerprint density at radius 1 is 1.25 bits per heavy atom. The van der Waals surface area contributed by atoms with Gasteiger partial charge in [-0.2, -0.15) is 0 Å². The third-order valence-electron chi connectivity index (χ3n) is 3.19. The standard InChI is InChI=1S/C16H24O4/c1-14(16(8-10-17)20-13-18-2)9-11-19-12-15-6-4-3-5-7-15/h3-7,10,14,16H,8-9,11-13H2,1-2H3/t14-,16+/m1/s1. The van der Waals surface area contributed by atoms with Crippen molar-refractivity contribution < 1.29 is 19.0 Å². The van der Waals surface area contributed by atoms with Gasteiger partial charge in [-0.1, -0.05) is 37.3 Å². The fourth-order valence-electron chi connectivity index (χ4n) is 1.93. The SMILES string of the molecule is COCO[C@@H](CC=O)[C@H](C)CCOCc1ccccc1. The molecule has 1 aromatic carbocycles. The summed E-state index contributed by atoms with van der Waals surface area (Å²) >= 11 is 0. The van der Waals surface area contributed by atoms with Crippen molar-refractivity contribution in [1.29, 1.82) is 0 Å². The van der Waals surface area contributed by atoms with Crippen molar-refractivity contribution in [1.82, 2.24) is 0 Å². The van der Waals surface area contributed by atoms with E-state index in [0.717, 1.165) is 12.7 Å². The Morgan fingerprint density at radius 3 is 2.65 bits per heavy atom. The zero-order valence-electron chi connectivity index (χ0n) is 12.3. The molecule has 0 aromatic heterocycles. The largest absolute Gasteiger partial charge is 0.377 e. The van der Waals surface area contributed by atoms with Gasteiger partial charge < -0.3 is 19.0 Å². The molecule has 1 aromatic rings. The first-order valence-electron chi connectivity index (χ1n) is 6.93. The quantitative estimate of drug-likeness (QED) is 0.355. The highest BCUT2D eigenvalue weighted by Gasteiger charge is 2.17. The van der Waals surface area contributed by atoms with Crippen LogP contribution < -0.4 is 0 Å². The molecule has 0 saturated heterocycles. The summed E-state index contributed by atoms with van der Waals surface area (Å²) in [6.45, 7) is 3.55. The molecule has 1 rings (SSSR count). The van der Waals surface area contributed by atoms with Gasteiger partial charge in [0, 0.05) is 20.1 Å². The van der Waals surface area contributed by atoms with Gasteiger partial charge in [-0.25, -0.2) is 0 Å². The second-order valence-corrected chi connectivity index (χ2v) is 4.82. The average Bonchev–Trinajstić information content (AvgIpc) is 2.49. The number of hydrogen-bond donors (Lipinski definition) is 0. The Kier molecular flexibility index (Phi) is 8.87. The van der Waals surface area contributed by atoms with Crippen LogP contribution in [0, 0.1) is 5.92 Å². The van der Waals surface area contributed by atoms with Crippen LogP contribution in [0.4, 0.5) is 0 Å². The maximum absolute atomic E-state index is 10.6. The molecule has 4 nitrogen and oxygen atoms in total. The molecule has 0 heterocycles. The minimum atomic E-state index is -0.104. The third-order valence-corrected chi connectivity index (χ3v) is 3.19. The van der Waals surface area contributed by atoms with Crippen LogP contribution >= 0.6 is 0 Å². The van der Waals surface area contributed by atoms with Gasteiger partial charge in [-0.3, -0.25) is 0 Å². The molecule has 4 heteroatoms. The first-order valence-corrected chi connectivity index (χ1v) is 6.93. The predicted molar refractivity (Wildman–Crippen MR) is 77.3 cm³/mol. The van der Waals surface area contributed by atoms with E-state index in [1.165, 1.54) is 5.56 Å². The summed E-state index contributed by atoms with van der Waals surface area (Å²) in [4.78, 5) is 10.6. The van der Waals surface area contributed by atoms with E-state index in [9.17, 15) is 4.79 Å². The number of aldehydes is 1. The fraction of sp³-hybridized carbons (Fsp3) is 0.562. The molecule has 0 amide bonds. The van der Waals surface area contributed by atoms with Gasteiger partial charge in [0.25, 0.3) is 0 Å². The average molecular weight is 280 g/mol. The monoisotopic (exact) mass is 280 g/mol. The molecule has 0 aliphatic heterocycles. The first-order chi connectivity index (χ1) is 9.77. The normalized spacial score (nSPS) is 13.9. The molecule has 20 heavy (non-hydrogen) atoms. The number of benzene rings is 1. The molecule has 112 valence electrons. The number of rotatable bonds is 11. The lowest BCUT2D eigenvalue weighted by Gasteiger charge is -2.22.